The first-order valence-corrected chi connectivity index (χ1v) is 11.0. The van der Waals surface area contributed by atoms with Crippen LogP contribution in [0.1, 0.15) is 37.3 Å². The van der Waals surface area contributed by atoms with Crippen molar-refractivity contribution in [3.8, 4) is 11.3 Å². The van der Waals surface area contributed by atoms with E-state index in [1.54, 1.807) is 9.58 Å². The Balaban J connectivity index is 1.47. The third kappa shape index (κ3) is 3.36. The monoisotopic (exact) mass is 425 g/mol. The molecule has 1 amide bonds. The smallest absolute Gasteiger partial charge is 0.248 e. The quantitative estimate of drug-likeness (QED) is 0.706. The van der Waals surface area contributed by atoms with Crippen LogP contribution in [0.4, 0.5) is 0 Å². The summed E-state index contributed by atoms with van der Waals surface area (Å²) < 4.78 is 7.33. The average Bonchev–Trinajstić information content (AvgIpc) is 3.51. The maximum Gasteiger partial charge on any atom is 0.248 e. The number of likely N-dealkylation sites (tertiary alicyclic amines) is 1. The molecule has 3 heterocycles. The fraction of sp³-hybridized carbons (Fsp3) is 0.478. The number of halogens is 1. The van der Waals surface area contributed by atoms with Crippen molar-refractivity contribution in [3.63, 3.8) is 0 Å². The highest BCUT2D eigenvalue weighted by molar-refractivity contribution is 6.22. The molecule has 0 N–H and O–H groups in total. The molecule has 3 aliphatic rings. The molecule has 3 fully saturated rings. The molecular weight excluding hydrogens is 402 g/mol. The first-order valence-electron chi connectivity index (χ1n) is 10.5. The lowest BCUT2D eigenvalue weighted by Crippen LogP contribution is -2.46. The van der Waals surface area contributed by atoms with Crippen LogP contribution in [-0.2, 0) is 14.3 Å². The maximum absolute atomic E-state index is 13.7. The number of alkyl halides is 1. The zero-order chi connectivity index (χ0) is 20.8. The van der Waals surface area contributed by atoms with Gasteiger partial charge in [-0.05, 0) is 43.4 Å². The van der Waals surface area contributed by atoms with Crippen LogP contribution < -0.4 is 0 Å². The summed E-state index contributed by atoms with van der Waals surface area (Å²) in [7, 11) is 0. The van der Waals surface area contributed by atoms with Gasteiger partial charge in [-0.25, -0.2) is 0 Å². The van der Waals surface area contributed by atoms with Gasteiger partial charge in [0.1, 0.15) is 24.8 Å². The standard InChI is InChI=1S/C23H24ClN3O3/c1-14-5-4-8-16(11-14)18-9-10-27(25-18)20(15-6-2-3-7-15)23(29)26-12-17(24)22-21(26)19(28)13-30-22/h1,4-5,8-11,15,17,20-22H,2-3,6-7,12-13H2/t17-,20?,21+,22?/m0/s1. The van der Waals surface area contributed by atoms with E-state index in [1.165, 1.54) is 0 Å². The molecule has 1 aliphatic carbocycles. The van der Waals surface area contributed by atoms with Gasteiger partial charge in [0.15, 0.2) is 5.78 Å². The third-order valence-electron chi connectivity index (χ3n) is 6.58. The number of rotatable bonds is 4. The van der Waals surface area contributed by atoms with Gasteiger partial charge in [0.2, 0.25) is 5.91 Å². The Labute approximate surface area is 181 Å². The van der Waals surface area contributed by atoms with E-state index in [9.17, 15) is 9.59 Å². The number of hydrogen-bond donors (Lipinski definition) is 0. The van der Waals surface area contributed by atoms with E-state index in [0.717, 1.165) is 36.9 Å². The predicted molar refractivity (Wildman–Crippen MR) is 112 cm³/mol. The SMILES string of the molecule is [CH]c1cccc(-c2ccn(C(C(=O)N3C[C@H](Cl)C4OCC(=O)[C@H]43)C3CCCC3)n2)c1. The molecule has 6 nitrogen and oxygen atoms in total. The fourth-order valence-electron chi connectivity index (χ4n) is 5.14. The summed E-state index contributed by atoms with van der Waals surface area (Å²) in [5.41, 5.74) is 2.35. The molecule has 2 aromatic rings. The number of Topliss-reactive ketones (excluding diaryl/α,β-unsaturated/α-hetero) is 1. The number of benzene rings is 1. The van der Waals surface area contributed by atoms with Crippen molar-refractivity contribution < 1.29 is 14.3 Å². The molecule has 0 spiro atoms. The summed E-state index contributed by atoms with van der Waals surface area (Å²) in [6, 6.07) is 8.43. The van der Waals surface area contributed by atoms with Crippen LogP contribution in [0.15, 0.2) is 36.5 Å². The van der Waals surface area contributed by atoms with Crippen LogP contribution in [0.5, 0.6) is 0 Å². The van der Waals surface area contributed by atoms with Crippen LogP contribution in [-0.4, -0.2) is 57.0 Å². The molecule has 1 saturated carbocycles. The number of aromatic nitrogens is 2. The second kappa shape index (κ2) is 7.82. The van der Waals surface area contributed by atoms with E-state index in [4.69, 9.17) is 28.4 Å². The van der Waals surface area contributed by atoms with Crippen molar-refractivity contribution in [3.05, 3.63) is 49.0 Å². The highest BCUT2D eigenvalue weighted by Gasteiger charge is 2.53. The number of carbonyl (C=O) groups is 2. The van der Waals surface area contributed by atoms with E-state index in [2.05, 4.69) is 0 Å². The minimum absolute atomic E-state index is 0.0256. The largest absolute Gasteiger partial charge is 0.366 e. The first kappa shape index (κ1) is 19.8. The summed E-state index contributed by atoms with van der Waals surface area (Å²) in [5, 5.41) is 4.38. The Hall–Kier alpha value is -2.18. The van der Waals surface area contributed by atoms with Crippen LogP contribution in [0.3, 0.4) is 0 Å². The number of carbonyl (C=O) groups excluding carboxylic acids is 2. The minimum atomic E-state index is -0.576. The van der Waals surface area contributed by atoms with Gasteiger partial charge in [-0.15, -0.1) is 11.6 Å². The summed E-state index contributed by atoms with van der Waals surface area (Å²) in [6.45, 7) is 6.27. The second-order valence-electron chi connectivity index (χ2n) is 8.49. The molecule has 30 heavy (non-hydrogen) atoms. The highest BCUT2D eigenvalue weighted by atomic mass is 35.5. The van der Waals surface area contributed by atoms with E-state index in [1.807, 2.05) is 36.5 Å². The molecule has 1 aromatic heterocycles. The lowest BCUT2D eigenvalue weighted by atomic mass is 9.96. The van der Waals surface area contributed by atoms with Gasteiger partial charge < -0.3 is 9.64 Å². The summed E-state index contributed by atoms with van der Waals surface area (Å²) in [5.74, 6) is 0.0417. The molecule has 4 atom stereocenters. The van der Waals surface area contributed by atoms with Crippen molar-refractivity contribution in [2.75, 3.05) is 13.2 Å². The molecule has 2 unspecified atom stereocenters. The van der Waals surface area contributed by atoms with Crippen LogP contribution in [0, 0.1) is 12.8 Å². The van der Waals surface area contributed by atoms with E-state index in [-0.39, 0.29) is 29.6 Å². The van der Waals surface area contributed by atoms with Crippen LogP contribution in [0.2, 0.25) is 0 Å². The zero-order valence-electron chi connectivity index (χ0n) is 16.6. The normalized spacial score (nSPS) is 27.6. The lowest BCUT2D eigenvalue weighted by Gasteiger charge is -2.30. The molecular formula is C23H24ClN3O3. The molecule has 5 rings (SSSR count). The zero-order valence-corrected chi connectivity index (χ0v) is 17.4. The Kier molecular flexibility index (Phi) is 5.15. The van der Waals surface area contributed by atoms with Gasteiger partial charge in [-0.2, -0.15) is 5.10 Å². The number of ether oxygens (including phenoxy) is 1. The Morgan fingerprint density at radius 2 is 2.07 bits per heavy atom. The molecule has 156 valence electrons. The fourth-order valence-corrected chi connectivity index (χ4v) is 5.50. The highest BCUT2D eigenvalue weighted by Crippen LogP contribution is 2.39. The van der Waals surface area contributed by atoms with Crippen molar-refractivity contribution >= 4 is 23.3 Å². The average molecular weight is 426 g/mol. The Morgan fingerprint density at radius 3 is 2.83 bits per heavy atom. The van der Waals surface area contributed by atoms with Gasteiger partial charge in [0, 0.05) is 18.3 Å². The van der Waals surface area contributed by atoms with E-state index < -0.39 is 18.2 Å². The molecule has 0 bridgehead atoms. The summed E-state index contributed by atoms with van der Waals surface area (Å²) in [6.07, 6.45) is 5.60. The van der Waals surface area contributed by atoms with E-state index in [0.29, 0.717) is 12.1 Å². The van der Waals surface area contributed by atoms with Crippen molar-refractivity contribution in [2.45, 2.75) is 49.2 Å². The molecule has 2 radical (unpaired) electrons. The summed E-state index contributed by atoms with van der Waals surface area (Å²) in [4.78, 5) is 27.8. The lowest BCUT2D eigenvalue weighted by molar-refractivity contribution is -0.141. The Morgan fingerprint density at radius 1 is 1.27 bits per heavy atom. The van der Waals surface area contributed by atoms with Gasteiger partial charge in [-0.3, -0.25) is 14.3 Å². The minimum Gasteiger partial charge on any atom is -0.366 e. The Bertz CT molecular complexity index is 968. The van der Waals surface area contributed by atoms with Gasteiger partial charge in [0.25, 0.3) is 0 Å². The molecule has 2 saturated heterocycles. The molecule has 7 heteroatoms. The number of amides is 1. The van der Waals surface area contributed by atoms with Crippen LogP contribution >= 0.6 is 11.6 Å². The van der Waals surface area contributed by atoms with Gasteiger partial charge >= 0.3 is 0 Å². The summed E-state index contributed by atoms with van der Waals surface area (Å²) >= 11 is 6.42. The number of ketones is 1. The van der Waals surface area contributed by atoms with Gasteiger partial charge in [0.05, 0.1) is 11.1 Å². The topological polar surface area (TPSA) is 64.4 Å². The first-order chi connectivity index (χ1) is 14.5. The molecule has 2 aliphatic heterocycles. The second-order valence-corrected chi connectivity index (χ2v) is 9.05. The van der Waals surface area contributed by atoms with Gasteiger partial charge in [-0.1, -0.05) is 31.0 Å². The molecule has 1 aromatic carbocycles. The maximum atomic E-state index is 13.7. The van der Waals surface area contributed by atoms with Crippen molar-refractivity contribution in [1.29, 1.82) is 0 Å². The number of fused-ring (bicyclic) bond motifs is 1. The van der Waals surface area contributed by atoms with E-state index >= 15 is 0 Å². The predicted octanol–water partition coefficient (Wildman–Crippen LogP) is 3.13. The number of hydrogen-bond acceptors (Lipinski definition) is 4. The third-order valence-corrected chi connectivity index (χ3v) is 6.97. The van der Waals surface area contributed by atoms with Crippen LogP contribution in [0.25, 0.3) is 11.3 Å². The van der Waals surface area contributed by atoms with Crippen molar-refractivity contribution in [2.24, 2.45) is 5.92 Å². The number of nitrogens with zero attached hydrogens (tertiary/aromatic N) is 3. The van der Waals surface area contributed by atoms with Crippen molar-refractivity contribution in [1.82, 2.24) is 14.7 Å².